The summed E-state index contributed by atoms with van der Waals surface area (Å²) in [4.78, 5) is 28.8. The lowest BCUT2D eigenvalue weighted by Crippen LogP contribution is -2.65. The van der Waals surface area contributed by atoms with Crippen LogP contribution in [0.15, 0.2) is 30.3 Å². The highest BCUT2D eigenvalue weighted by Crippen LogP contribution is 2.45. The maximum Gasteiger partial charge on any atom is 0.414 e. The Morgan fingerprint density at radius 2 is 1.57 bits per heavy atom. The SMILES string of the molecule is CC1(C)OC2C3OC(C)(C)O[C@H]3C(CO[C@@H]3OC4COC(c5ccccc5)O[C@H]4C(OC(=O)C(C)(C)C)C3OC(=O)C=[N+]=[N-])O[C@@H]2O1. The Hall–Kier alpha value is -2.82. The average Bonchev–Trinajstić information content (AvgIpc) is 3.50. The number of carbonyl (C=O) groups is 2. The van der Waals surface area contributed by atoms with Crippen LogP contribution in [-0.2, 0) is 61.7 Å². The second-order valence-corrected chi connectivity index (χ2v) is 14.0. The first-order valence-electron chi connectivity index (χ1n) is 15.7. The van der Waals surface area contributed by atoms with Gasteiger partial charge in [-0.2, -0.15) is 4.79 Å². The minimum absolute atomic E-state index is 0.0478. The number of hydrogen-bond donors (Lipinski definition) is 0. The first-order chi connectivity index (χ1) is 22.1. The Morgan fingerprint density at radius 3 is 2.28 bits per heavy atom. The Morgan fingerprint density at radius 1 is 0.894 bits per heavy atom. The largest absolute Gasteiger partial charge is 0.455 e. The quantitative estimate of drug-likeness (QED) is 0.181. The number of carbonyl (C=O) groups excluding carboxylic acids is 2. The second kappa shape index (κ2) is 12.9. The summed E-state index contributed by atoms with van der Waals surface area (Å²) in [5.74, 6) is -3.45. The molecule has 1 aromatic rings. The van der Waals surface area contributed by atoms with Crippen molar-refractivity contribution in [3.05, 3.63) is 41.4 Å². The van der Waals surface area contributed by atoms with Gasteiger partial charge in [0.1, 0.15) is 36.6 Å². The Kier molecular flexibility index (Phi) is 9.35. The van der Waals surface area contributed by atoms with Crippen LogP contribution in [-0.4, -0.2) is 109 Å². The Labute approximate surface area is 272 Å². The first-order valence-corrected chi connectivity index (χ1v) is 15.7. The molecule has 1 aromatic carbocycles. The zero-order valence-corrected chi connectivity index (χ0v) is 27.4. The molecule has 258 valence electrons. The minimum Gasteiger partial charge on any atom is -0.455 e. The number of benzene rings is 1. The third-order valence-electron chi connectivity index (χ3n) is 8.30. The predicted octanol–water partition coefficient (Wildman–Crippen LogP) is 2.41. The maximum absolute atomic E-state index is 13.3. The predicted molar refractivity (Wildman–Crippen MR) is 156 cm³/mol. The van der Waals surface area contributed by atoms with Crippen molar-refractivity contribution in [3.63, 3.8) is 0 Å². The van der Waals surface area contributed by atoms with Crippen molar-refractivity contribution in [2.45, 2.75) is 128 Å². The van der Waals surface area contributed by atoms with Crippen LogP contribution in [0.5, 0.6) is 0 Å². The van der Waals surface area contributed by atoms with Gasteiger partial charge in [0, 0.05) is 5.56 Å². The van der Waals surface area contributed by atoms with Gasteiger partial charge < -0.3 is 57.6 Å². The van der Waals surface area contributed by atoms with Gasteiger partial charge in [0.15, 0.2) is 42.7 Å². The average molecular weight is 663 g/mol. The summed E-state index contributed by atoms with van der Waals surface area (Å²) in [6.07, 6.45) is -9.01. The van der Waals surface area contributed by atoms with E-state index in [-0.39, 0.29) is 13.2 Å². The van der Waals surface area contributed by atoms with Gasteiger partial charge in [-0.3, -0.25) is 4.79 Å². The highest BCUT2D eigenvalue weighted by molar-refractivity contribution is 6.20. The molecule has 0 spiro atoms. The molecule has 5 fully saturated rings. The van der Waals surface area contributed by atoms with Crippen molar-refractivity contribution in [3.8, 4) is 0 Å². The number of esters is 2. The van der Waals surface area contributed by atoms with Gasteiger partial charge in [-0.15, -0.1) is 0 Å². The van der Waals surface area contributed by atoms with Gasteiger partial charge >= 0.3 is 18.2 Å². The van der Waals surface area contributed by atoms with Crippen molar-refractivity contribution >= 4 is 18.2 Å². The maximum atomic E-state index is 13.3. The molecule has 0 radical (unpaired) electrons. The van der Waals surface area contributed by atoms with E-state index in [1.54, 1.807) is 48.5 Å². The van der Waals surface area contributed by atoms with Gasteiger partial charge in [0.25, 0.3) is 0 Å². The monoisotopic (exact) mass is 662 g/mol. The zero-order valence-electron chi connectivity index (χ0n) is 27.4. The molecule has 0 N–H and O–H groups in total. The van der Waals surface area contributed by atoms with E-state index >= 15 is 0 Å². The lowest BCUT2D eigenvalue weighted by molar-refractivity contribution is -0.366. The molecule has 5 heterocycles. The smallest absolute Gasteiger partial charge is 0.414 e. The number of hydrogen-bond acceptors (Lipinski definition) is 13. The zero-order chi connectivity index (χ0) is 33.7. The lowest BCUT2D eigenvalue weighted by atomic mass is 9.94. The van der Waals surface area contributed by atoms with E-state index in [1.165, 1.54) is 0 Å². The fraction of sp³-hybridized carbons (Fsp3) is 0.719. The molecule has 7 unspecified atom stereocenters. The molecule has 11 atom stereocenters. The van der Waals surface area contributed by atoms with Crippen LogP contribution in [0.25, 0.3) is 5.53 Å². The second-order valence-electron chi connectivity index (χ2n) is 14.0. The summed E-state index contributed by atoms with van der Waals surface area (Å²) >= 11 is 0. The highest BCUT2D eigenvalue weighted by atomic mass is 16.9. The third kappa shape index (κ3) is 7.30. The fourth-order valence-electron chi connectivity index (χ4n) is 6.25. The molecule has 6 rings (SSSR count). The van der Waals surface area contributed by atoms with Crippen molar-refractivity contribution in [2.75, 3.05) is 13.2 Å². The molecule has 5 saturated heterocycles. The molecular weight excluding hydrogens is 620 g/mol. The van der Waals surface area contributed by atoms with Crippen molar-refractivity contribution in [1.29, 1.82) is 0 Å². The number of ether oxygens (including phenoxy) is 11. The molecular formula is C32H42N2O13. The van der Waals surface area contributed by atoms with Crippen molar-refractivity contribution < 1.29 is 66.5 Å². The van der Waals surface area contributed by atoms with E-state index in [0.29, 0.717) is 6.21 Å². The Balaban J connectivity index is 1.27. The van der Waals surface area contributed by atoms with Crippen molar-refractivity contribution in [1.82, 2.24) is 0 Å². The summed E-state index contributed by atoms with van der Waals surface area (Å²) < 4.78 is 67.4. The summed E-state index contributed by atoms with van der Waals surface area (Å²) in [5.41, 5.74) is 8.84. The number of rotatable bonds is 7. The van der Waals surface area contributed by atoms with Gasteiger partial charge in [-0.05, 0) is 48.5 Å². The van der Waals surface area contributed by atoms with Crippen LogP contribution >= 0.6 is 0 Å². The fourth-order valence-corrected chi connectivity index (χ4v) is 6.25. The molecule has 15 nitrogen and oxygen atoms in total. The molecule has 5 aliphatic heterocycles. The van der Waals surface area contributed by atoms with Crippen LogP contribution < -0.4 is 0 Å². The van der Waals surface area contributed by atoms with Crippen LogP contribution in [0.1, 0.15) is 60.3 Å². The van der Waals surface area contributed by atoms with Crippen LogP contribution in [0, 0.1) is 5.41 Å². The van der Waals surface area contributed by atoms with E-state index < -0.39 is 96.6 Å². The molecule has 15 heteroatoms. The van der Waals surface area contributed by atoms with E-state index in [4.69, 9.17) is 57.6 Å². The highest BCUT2D eigenvalue weighted by Gasteiger charge is 2.61. The standard InChI is InChI=1S/C32H42N2O13/c1-30(2,3)29(36)43-22-20-17(14-37-26(42-20)16-11-9-8-10-12-16)39-27(24(22)41-19(35)13-34-33)38-15-18-21-23(45-31(4,5)44-21)25-28(40-18)47-32(6,7)46-25/h8-13,17-18,20-28H,14-15H2,1-7H3/t17?,18?,20-,21+,22?,23?,24?,25?,26?,27-,28-/m1/s1. The normalized spacial score (nSPS) is 38.7. The summed E-state index contributed by atoms with van der Waals surface area (Å²) in [7, 11) is 0. The van der Waals surface area contributed by atoms with Gasteiger partial charge in [0.2, 0.25) is 0 Å². The van der Waals surface area contributed by atoms with E-state index in [9.17, 15) is 9.59 Å². The Bertz CT molecular complexity index is 1360. The minimum atomic E-state index is -1.36. The molecule has 47 heavy (non-hydrogen) atoms. The lowest BCUT2D eigenvalue weighted by Gasteiger charge is -2.48. The summed E-state index contributed by atoms with van der Waals surface area (Å²) in [6, 6.07) is 9.22. The van der Waals surface area contributed by atoms with E-state index in [0.717, 1.165) is 5.56 Å². The number of nitrogens with zero attached hydrogens (tertiary/aromatic N) is 2. The number of fused-ring (bicyclic) bond motifs is 4. The van der Waals surface area contributed by atoms with E-state index in [2.05, 4.69) is 4.79 Å². The molecule has 0 aliphatic carbocycles. The molecule has 0 amide bonds. The molecule has 0 aromatic heterocycles. The topological polar surface area (TPSA) is 172 Å². The van der Waals surface area contributed by atoms with Gasteiger partial charge in [0.05, 0.1) is 18.6 Å². The van der Waals surface area contributed by atoms with Crippen LogP contribution in [0.4, 0.5) is 0 Å². The van der Waals surface area contributed by atoms with Gasteiger partial charge in [-0.1, -0.05) is 30.3 Å². The first kappa shape index (κ1) is 34.1. The van der Waals surface area contributed by atoms with E-state index in [1.807, 2.05) is 30.3 Å². The molecule has 0 saturated carbocycles. The summed E-state index contributed by atoms with van der Waals surface area (Å²) in [5, 5.41) is 0. The van der Waals surface area contributed by atoms with Crippen LogP contribution in [0.2, 0.25) is 0 Å². The summed E-state index contributed by atoms with van der Waals surface area (Å²) in [6.45, 7) is 12.2. The van der Waals surface area contributed by atoms with Crippen LogP contribution in [0.3, 0.4) is 0 Å². The third-order valence-corrected chi connectivity index (χ3v) is 8.30. The van der Waals surface area contributed by atoms with Crippen molar-refractivity contribution in [2.24, 2.45) is 5.41 Å². The van der Waals surface area contributed by atoms with Gasteiger partial charge in [-0.25, -0.2) is 4.79 Å². The molecule has 0 bridgehead atoms. The molecule has 5 aliphatic rings.